The number of carbonyl (C=O) groups excluding carboxylic acids is 2. The van der Waals surface area contributed by atoms with Gasteiger partial charge in [-0.05, 0) is 49.2 Å². The van der Waals surface area contributed by atoms with Crippen molar-refractivity contribution >= 4 is 17.5 Å². The number of amides is 2. The Kier molecular flexibility index (Phi) is 6.98. The van der Waals surface area contributed by atoms with Gasteiger partial charge in [-0.15, -0.1) is 0 Å². The number of anilines is 1. The molecule has 1 saturated heterocycles. The van der Waals surface area contributed by atoms with E-state index in [2.05, 4.69) is 0 Å². The number of benzene rings is 2. The topological polar surface area (TPSA) is 72.2 Å². The lowest BCUT2D eigenvalue weighted by atomic mass is 9.94. The molecule has 1 aliphatic rings. The monoisotopic (exact) mass is 448 g/mol. The van der Waals surface area contributed by atoms with Crippen molar-refractivity contribution in [3.05, 3.63) is 78.3 Å². The first-order chi connectivity index (χ1) is 16.1. The predicted octanol–water partition coefficient (Wildman–Crippen LogP) is 4.38. The third-order valence-corrected chi connectivity index (χ3v) is 5.96. The molecule has 0 saturated carbocycles. The Bertz CT molecular complexity index is 1050. The molecule has 1 aromatic heterocycles. The molecule has 3 aromatic rings. The van der Waals surface area contributed by atoms with Crippen LogP contribution in [0.2, 0.25) is 0 Å². The third-order valence-electron chi connectivity index (χ3n) is 5.96. The second-order valence-corrected chi connectivity index (χ2v) is 8.01. The van der Waals surface area contributed by atoms with E-state index in [0.29, 0.717) is 49.5 Å². The SMILES string of the molecule is COc1cc(OC)cc(C(=O)N2CCC(C(=O)N(Cc3ccco3)c3ccccc3)CC2)c1. The average Bonchev–Trinajstić information content (AvgIpc) is 3.40. The number of rotatable bonds is 7. The van der Waals surface area contributed by atoms with E-state index in [1.165, 1.54) is 0 Å². The zero-order chi connectivity index (χ0) is 23.2. The number of piperidine rings is 1. The highest BCUT2D eigenvalue weighted by Gasteiger charge is 2.32. The van der Waals surface area contributed by atoms with Gasteiger partial charge in [-0.25, -0.2) is 0 Å². The van der Waals surface area contributed by atoms with Crippen molar-refractivity contribution in [3.8, 4) is 11.5 Å². The number of ether oxygens (including phenoxy) is 2. The zero-order valence-corrected chi connectivity index (χ0v) is 18.9. The number of hydrogen-bond acceptors (Lipinski definition) is 5. The maximum atomic E-state index is 13.5. The van der Waals surface area contributed by atoms with Crippen LogP contribution in [0, 0.1) is 5.92 Å². The van der Waals surface area contributed by atoms with Gasteiger partial charge in [0.1, 0.15) is 17.3 Å². The molecule has 2 heterocycles. The Labute approximate surface area is 193 Å². The molecular weight excluding hydrogens is 420 g/mol. The molecule has 7 nitrogen and oxygen atoms in total. The van der Waals surface area contributed by atoms with Crippen LogP contribution < -0.4 is 14.4 Å². The molecule has 33 heavy (non-hydrogen) atoms. The summed E-state index contributed by atoms with van der Waals surface area (Å²) < 4.78 is 16.1. The normalized spacial score (nSPS) is 14.1. The van der Waals surface area contributed by atoms with E-state index >= 15 is 0 Å². The fraction of sp³-hybridized carbons (Fsp3) is 0.308. The Morgan fingerprint density at radius 3 is 2.21 bits per heavy atom. The van der Waals surface area contributed by atoms with Crippen LogP contribution in [0.25, 0.3) is 0 Å². The number of nitrogens with zero attached hydrogens (tertiary/aromatic N) is 2. The predicted molar refractivity (Wildman–Crippen MR) is 125 cm³/mol. The lowest BCUT2D eigenvalue weighted by Crippen LogP contribution is -2.44. The Balaban J connectivity index is 1.45. The van der Waals surface area contributed by atoms with Crippen LogP contribution in [0.5, 0.6) is 11.5 Å². The van der Waals surface area contributed by atoms with Crippen molar-refractivity contribution in [2.45, 2.75) is 19.4 Å². The molecule has 0 bridgehead atoms. The molecule has 7 heteroatoms. The molecule has 0 radical (unpaired) electrons. The van der Waals surface area contributed by atoms with Gasteiger partial charge in [0.25, 0.3) is 5.91 Å². The van der Waals surface area contributed by atoms with Gasteiger partial charge in [0.2, 0.25) is 5.91 Å². The summed E-state index contributed by atoms with van der Waals surface area (Å²) in [6, 6.07) is 18.5. The van der Waals surface area contributed by atoms with Crippen molar-refractivity contribution in [3.63, 3.8) is 0 Å². The third kappa shape index (κ3) is 5.19. The summed E-state index contributed by atoms with van der Waals surface area (Å²) in [7, 11) is 3.11. The number of methoxy groups -OCH3 is 2. The molecule has 4 rings (SSSR count). The molecule has 2 amide bonds. The first-order valence-corrected chi connectivity index (χ1v) is 11.0. The van der Waals surface area contributed by atoms with Crippen molar-refractivity contribution in [2.24, 2.45) is 5.92 Å². The Hall–Kier alpha value is -3.74. The summed E-state index contributed by atoms with van der Waals surface area (Å²) in [6.07, 6.45) is 2.82. The van der Waals surface area contributed by atoms with Gasteiger partial charge in [-0.3, -0.25) is 9.59 Å². The number of hydrogen-bond donors (Lipinski definition) is 0. The summed E-state index contributed by atoms with van der Waals surface area (Å²) >= 11 is 0. The van der Waals surface area contributed by atoms with Gasteiger partial charge < -0.3 is 23.7 Å². The fourth-order valence-corrected chi connectivity index (χ4v) is 4.13. The van der Waals surface area contributed by atoms with E-state index in [1.54, 1.807) is 48.5 Å². The van der Waals surface area contributed by atoms with Crippen LogP contribution in [0.15, 0.2) is 71.3 Å². The molecule has 172 valence electrons. The molecule has 0 aliphatic carbocycles. The lowest BCUT2D eigenvalue weighted by molar-refractivity contribution is -0.123. The molecule has 0 N–H and O–H groups in total. The van der Waals surface area contributed by atoms with Gasteiger partial charge in [0.15, 0.2) is 0 Å². The summed E-state index contributed by atoms with van der Waals surface area (Å²) in [5.74, 6) is 1.66. The quantitative estimate of drug-likeness (QED) is 0.536. The molecule has 0 unspecified atom stereocenters. The van der Waals surface area contributed by atoms with Crippen LogP contribution in [-0.2, 0) is 11.3 Å². The van der Waals surface area contributed by atoms with Crippen LogP contribution >= 0.6 is 0 Å². The minimum atomic E-state index is -0.163. The van der Waals surface area contributed by atoms with Crippen LogP contribution in [0.1, 0.15) is 29.0 Å². The van der Waals surface area contributed by atoms with E-state index in [4.69, 9.17) is 13.9 Å². The van der Waals surface area contributed by atoms with Crippen LogP contribution in [0.3, 0.4) is 0 Å². The Morgan fingerprint density at radius 2 is 1.64 bits per heavy atom. The second-order valence-electron chi connectivity index (χ2n) is 8.01. The van der Waals surface area contributed by atoms with Crippen LogP contribution in [0.4, 0.5) is 5.69 Å². The molecule has 1 fully saturated rings. The fourth-order valence-electron chi connectivity index (χ4n) is 4.13. The molecule has 0 spiro atoms. The number of para-hydroxylation sites is 1. The van der Waals surface area contributed by atoms with E-state index in [1.807, 2.05) is 42.5 Å². The van der Waals surface area contributed by atoms with E-state index < -0.39 is 0 Å². The molecule has 2 aromatic carbocycles. The summed E-state index contributed by atoms with van der Waals surface area (Å²) in [5, 5.41) is 0. The molecular formula is C26H28N2O5. The Morgan fingerprint density at radius 1 is 0.970 bits per heavy atom. The smallest absolute Gasteiger partial charge is 0.254 e. The summed E-state index contributed by atoms with van der Waals surface area (Å²) in [6.45, 7) is 1.40. The van der Waals surface area contributed by atoms with Crippen molar-refractivity contribution in [1.82, 2.24) is 4.90 Å². The number of furan rings is 1. The maximum absolute atomic E-state index is 13.5. The van der Waals surface area contributed by atoms with E-state index in [0.717, 1.165) is 11.4 Å². The average molecular weight is 449 g/mol. The van der Waals surface area contributed by atoms with Crippen molar-refractivity contribution in [1.29, 1.82) is 0 Å². The number of carbonyl (C=O) groups is 2. The maximum Gasteiger partial charge on any atom is 0.254 e. The first-order valence-electron chi connectivity index (χ1n) is 11.0. The molecule has 0 atom stereocenters. The summed E-state index contributed by atoms with van der Waals surface area (Å²) in [4.78, 5) is 30.1. The van der Waals surface area contributed by atoms with Crippen LogP contribution in [-0.4, -0.2) is 44.0 Å². The highest BCUT2D eigenvalue weighted by Crippen LogP contribution is 2.28. The minimum absolute atomic E-state index is 0.0488. The van der Waals surface area contributed by atoms with Gasteiger partial charge >= 0.3 is 0 Å². The largest absolute Gasteiger partial charge is 0.497 e. The minimum Gasteiger partial charge on any atom is -0.497 e. The van der Waals surface area contributed by atoms with Crippen molar-refractivity contribution < 1.29 is 23.5 Å². The van der Waals surface area contributed by atoms with Gasteiger partial charge in [0, 0.05) is 36.3 Å². The van der Waals surface area contributed by atoms with E-state index in [9.17, 15) is 9.59 Å². The van der Waals surface area contributed by atoms with Gasteiger partial charge in [-0.2, -0.15) is 0 Å². The highest BCUT2D eigenvalue weighted by atomic mass is 16.5. The zero-order valence-electron chi connectivity index (χ0n) is 18.9. The van der Waals surface area contributed by atoms with Gasteiger partial charge in [0.05, 0.1) is 27.0 Å². The summed E-state index contributed by atoms with van der Waals surface area (Å²) in [5.41, 5.74) is 1.35. The number of likely N-dealkylation sites (tertiary alicyclic amines) is 1. The standard InChI is InChI=1S/C26H28N2O5/c1-31-23-15-20(16-24(17-23)32-2)25(29)27-12-10-19(11-13-27)26(30)28(18-22-9-6-14-33-22)21-7-4-3-5-8-21/h3-9,14-17,19H,10-13,18H2,1-2H3. The highest BCUT2D eigenvalue weighted by molar-refractivity contribution is 5.97. The van der Waals surface area contributed by atoms with Crippen molar-refractivity contribution in [2.75, 3.05) is 32.2 Å². The van der Waals surface area contributed by atoms with E-state index in [-0.39, 0.29) is 17.7 Å². The molecule has 1 aliphatic heterocycles. The lowest BCUT2D eigenvalue weighted by Gasteiger charge is -2.34. The first kappa shape index (κ1) is 22.5. The van der Waals surface area contributed by atoms with Gasteiger partial charge in [-0.1, -0.05) is 18.2 Å². The second kappa shape index (κ2) is 10.3.